The summed E-state index contributed by atoms with van der Waals surface area (Å²) in [5, 5.41) is 5.68. The molecule has 27 heavy (non-hydrogen) atoms. The molecule has 0 aliphatic carbocycles. The molecule has 3 rings (SSSR count). The van der Waals surface area contributed by atoms with Gasteiger partial charge in [-0.1, -0.05) is 38.0 Å². The molecule has 1 saturated heterocycles. The molecule has 1 atom stereocenters. The lowest BCUT2D eigenvalue weighted by molar-refractivity contribution is 0.0616. The van der Waals surface area contributed by atoms with Crippen LogP contribution in [0, 0.1) is 0 Å². The van der Waals surface area contributed by atoms with E-state index in [1.165, 1.54) is 4.68 Å². The Hall–Kier alpha value is -1.92. The summed E-state index contributed by atoms with van der Waals surface area (Å²) in [7, 11) is 0. The summed E-state index contributed by atoms with van der Waals surface area (Å²) in [5.41, 5.74) is 6.14. The second-order valence-electron chi connectivity index (χ2n) is 7.01. The lowest BCUT2D eigenvalue weighted by Crippen LogP contribution is -2.48. The van der Waals surface area contributed by atoms with Gasteiger partial charge in [0.15, 0.2) is 5.69 Å². The van der Waals surface area contributed by atoms with Crippen LogP contribution in [0.25, 0.3) is 10.8 Å². The van der Waals surface area contributed by atoms with Crippen LogP contribution < -0.4 is 11.3 Å². The number of benzene rings is 1. The molecule has 0 saturated carbocycles. The van der Waals surface area contributed by atoms with Gasteiger partial charge in [-0.3, -0.25) is 9.59 Å². The second kappa shape index (κ2) is 9.85. The van der Waals surface area contributed by atoms with Gasteiger partial charge in [0.05, 0.1) is 5.39 Å². The van der Waals surface area contributed by atoms with Crippen LogP contribution in [-0.4, -0.2) is 39.7 Å². The van der Waals surface area contributed by atoms with Crippen LogP contribution in [0.2, 0.25) is 0 Å². The molecule has 7 heteroatoms. The maximum absolute atomic E-state index is 13.3. The minimum absolute atomic E-state index is 0. The van der Waals surface area contributed by atoms with E-state index in [9.17, 15) is 9.59 Å². The highest BCUT2D eigenvalue weighted by Crippen LogP contribution is 2.21. The van der Waals surface area contributed by atoms with Gasteiger partial charge < -0.3 is 10.6 Å². The summed E-state index contributed by atoms with van der Waals surface area (Å²) < 4.78 is 1.46. The first-order chi connectivity index (χ1) is 12.7. The molecule has 6 nitrogen and oxygen atoms in total. The largest absolute Gasteiger partial charge is 0.333 e. The Morgan fingerprint density at radius 3 is 2.67 bits per heavy atom. The second-order valence-corrected chi connectivity index (χ2v) is 7.01. The average Bonchev–Trinajstić information content (AvgIpc) is 2.69. The molecule has 148 valence electrons. The third-order valence-electron chi connectivity index (χ3n) is 5.20. The number of aromatic nitrogens is 2. The first-order valence-corrected chi connectivity index (χ1v) is 9.68. The van der Waals surface area contributed by atoms with Gasteiger partial charge in [0, 0.05) is 31.1 Å². The monoisotopic (exact) mass is 392 g/mol. The van der Waals surface area contributed by atoms with E-state index in [-0.39, 0.29) is 29.9 Å². The van der Waals surface area contributed by atoms with E-state index in [0.717, 1.165) is 38.5 Å². The van der Waals surface area contributed by atoms with Crippen molar-refractivity contribution in [3.63, 3.8) is 0 Å². The summed E-state index contributed by atoms with van der Waals surface area (Å²) in [6.07, 6.45) is 5.99. The van der Waals surface area contributed by atoms with E-state index in [0.29, 0.717) is 36.1 Å². The van der Waals surface area contributed by atoms with Crippen LogP contribution in [0.3, 0.4) is 0 Å². The lowest BCUT2D eigenvalue weighted by Gasteiger charge is -2.35. The van der Waals surface area contributed by atoms with E-state index < -0.39 is 0 Å². The van der Waals surface area contributed by atoms with Crippen LogP contribution in [-0.2, 0) is 6.54 Å². The van der Waals surface area contributed by atoms with E-state index in [4.69, 9.17) is 5.73 Å². The lowest BCUT2D eigenvalue weighted by atomic mass is 10.0. The number of rotatable bonds is 6. The highest BCUT2D eigenvalue weighted by Gasteiger charge is 2.29. The van der Waals surface area contributed by atoms with Crippen molar-refractivity contribution in [3.8, 4) is 0 Å². The predicted octanol–water partition coefficient (Wildman–Crippen LogP) is 2.96. The molecule has 0 spiro atoms. The minimum Gasteiger partial charge on any atom is -0.333 e. The number of halogens is 1. The van der Waals surface area contributed by atoms with Gasteiger partial charge in [0.25, 0.3) is 11.5 Å². The molecule has 0 radical (unpaired) electrons. The summed E-state index contributed by atoms with van der Waals surface area (Å²) in [6.45, 7) is 3.82. The minimum atomic E-state index is -0.123. The fourth-order valence-electron chi connectivity index (χ4n) is 3.71. The molecule has 1 unspecified atom stereocenters. The Labute approximate surface area is 166 Å². The van der Waals surface area contributed by atoms with Crippen molar-refractivity contribution < 1.29 is 4.79 Å². The van der Waals surface area contributed by atoms with Crippen molar-refractivity contribution in [2.24, 2.45) is 5.73 Å². The van der Waals surface area contributed by atoms with Gasteiger partial charge in [0.2, 0.25) is 0 Å². The zero-order chi connectivity index (χ0) is 18.5. The van der Waals surface area contributed by atoms with Crippen molar-refractivity contribution in [2.75, 3.05) is 13.1 Å². The Balaban J connectivity index is 0.00000261. The summed E-state index contributed by atoms with van der Waals surface area (Å²) in [5.74, 6) is -0.111. The first-order valence-electron chi connectivity index (χ1n) is 9.68. The first kappa shape index (κ1) is 21.4. The van der Waals surface area contributed by atoms with E-state index in [1.807, 2.05) is 23.1 Å². The van der Waals surface area contributed by atoms with E-state index >= 15 is 0 Å². The number of unbranched alkanes of at least 4 members (excludes halogenated alkanes) is 2. The Morgan fingerprint density at radius 1 is 1.22 bits per heavy atom. The summed E-state index contributed by atoms with van der Waals surface area (Å²) in [4.78, 5) is 27.9. The standard InChI is InChI=1S/C20H28N4O2.ClH/c1-2-3-7-13-24-19(25)17-11-5-4-10-16(17)18(22-24)20(26)23-12-8-6-9-15(23)14-21;/h4-5,10-11,15H,2-3,6-9,12-14,21H2,1H3;1H. The van der Waals surface area contributed by atoms with Crippen molar-refractivity contribution in [1.29, 1.82) is 0 Å². The molecule has 1 aliphatic heterocycles. The van der Waals surface area contributed by atoms with Crippen molar-refractivity contribution in [3.05, 3.63) is 40.3 Å². The number of fused-ring (bicyclic) bond motifs is 1. The number of likely N-dealkylation sites (tertiary alicyclic amines) is 1. The number of nitrogens with zero attached hydrogens (tertiary/aromatic N) is 3. The number of nitrogens with two attached hydrogens (primary N) is 1. The number of carbonyl (C=O) groups excluding carboxylic acids is 1. The molecule has 2 N–H and O–H groups in total. The quantitative estimate of drug-likeness (QED) is 0.766. The molecule has 2 aromatic rings. The number of piperidine rings is 1. The topological polar surface area (TPSA) is 81.2 Å². The smallest absolute Gasteiger partial charge is 0.275 e. The molecule has 1 aromatic heterocycles. The average molecular weight is 393 g/mol. The fraction of sp³-hybridized carbons (Fsp3) is 0.550. The molecule has 2 heterocycles. The fourth-order valence-corrected chi connectivity index (χ4v) is 3.71. The van der Waals surface area contributed by atoms with E-state index in [1.54, 1.807) is 6.07 Å². The Bertz CT molecular complexity index is 836. The van der Waals surface area contributed by atoms with Gasteiger partial charge in [-0.25, -0.2) is 4.68 Å². The summed E-state index contributed by atoms with van der Waals surface area (Å²) in [6, 6.07) is 7.32. The highest BCUT2D eigenvalue weighted by atomic mass is 35.5. The van der Waals surface area contributed by atoms with Crippen LogP contribution in [0.4, 0.5) is 0 Å². The number of carbonyl (C=O) groups is 1. The van der Waals surface area contributed by atoms with Crippen molar-refractivity contribution in [1.82, 2.24) is 14.7 Å². The normalized spacial score (nSPS) is 17.0. The van der Waals surface area contributed by atoms with Crippen LogP contribution in [0.1, 0.15) is 55.9 Å². The molecule has 0 bridgehead atoms. The van der Waals surface area contributed by atoms with Crippen LogP contribution in [0.15, 0.2) is 29.1 Å². The van der Waals surface area contributed by atoms with Crippen molar-refractivity contribution >= 4 is 29.1 Å². The maximum Gasteiger partial charge on any atom is 0.275 e. The molecular weight excluding hydrogens is 364 g/mol. The highest BCUT2D eigenvalue weighted by molar-refractivity contribution is 6.04. The van der Waals surface area contributed by atoms with Crippen molar-refractivity contribution in [2.45, 2.75) is 58.0 Å². The molecule has 1 aliphatic rings. The predicted molar refractivity (Wildman–Crippen MR) is 111 cm³/mol. The number of aryl methyl sites for hydroxylation is 1. The number of hydrogen-bond acceptors (Lipinski definition) is 4. The molecule has 1 aromatic carbocycles. The Morgan fingerprint density at radius 2 is 1.96 bits per heavy atom. The van der Waals surface area contributed by atoms with Crippen LogP contribution in [0.5, 0.6) is 0 Å². The third-order valence-corrected chi connectivity index (χ3v) is 5.20. The van der Waals surface area contributed by atoms with Crippen LogP contribution >= 0.6 is 12.4 Å². The molecule has 1 amide bonds. The number of amides is 1. The zero-order valence-electron chi connectivity index (χ0n) is 15.9. The number of hydrogen-bond donors (Lipinski definition) is 1. The molecular formula is C20H29ClN4O2. The Kier molecular flexibility index (Phi) is 7.80. The maximum atomic E-state index is 13.3. The third kappa shape index (κ3) is 4.50. The zero-order valence-corrected chi connectivity index (χ0v) is 16.7. The van der Waals surface area contributed by atoms with Gasteiger partial charge >= 0.3 is 0 Å². The van der Waals surface area contributed by atoms with Gasteiger partial charge in [-0.2, -0.15) is 5.10 Å². The SMILES string of the molecule is CCCCCn1nc(C(=O)N2CCCCC2CN)c2ccccc2c1=O.Cl. The summed E-state index contributed by atoms with van der Waals surface area (Å²) >= 11 is 0. The van der Waals surface area contributed by atoms with Gasteiger partial charge in [-0.05, 0) is 31.7 Å². The molecule has 1 fully saturated rings. The van der Waals surface area contributed by atoms with E-state index in [2.05, 4.69) is 12.0 Å². The van der Waals surface area contributed by atoms with Gasteiger partial charge in [0.1, 0.15) is 0 Å². The van der Waals surface area contributed by atoms with Gasteiger partial charge in [-0.15, -0.1) is 12.4 Å².